The molecule has 0 radical (unpaired) electrons. The van der Waals surface area contributed by atoms with Crippen molar-refractivity contribution >= 4 is 34.0 Å². The Bertz CT molecular complexity index is 611. The van der Waals surface area contributed by atoms with Crippen LogP contribution in [0.25, 0.3) is 0 Å². The average molecular weight is 353 g/mol. The van der Waals surface area contributed by atoms with Gasteiger partial charge in [0.2, 0.25) is 5.91 Å². The van der Waals surface area contributed by atoms with Gasteiger partial charge in [-0.3, -0.25) is 4.79 Å². The summed E-state index contributed by atoms with van der Waals surface area (Å²) in [7, 11) is 0. The Labute approximate surface area is 146 Å². The zero-order valence-corrected chi connectivity index (χ0v) is 15.6. The molecule has 4 nitrogen and oxygen atoms in total. The van der Waals surface area contributed by atoms with Gasteiger partial charge in [0.1, 0.15) is 11.1 Å². The highest BCUT2D eigenvalue weighted by Crippen LogP contribution is 2.43. The molecule has 1 atom stereocenters. The molecule has 1 aromatic rings. The summed E-state index contributed by atoms with van der Waals surface area (Å²) in [5.41, 5.74) is 2.05. The Kier molecular flexibility index (Phi) is 6.12. The number of fused-ring (bicyclic) bond motifs is 1. The molecule has 0 fully saturated rings. The highest BCUT2D eigenvalue weighted by molar-refractivity contribution is 7.99. The van der Waals surface area contributed by atoms with Gasteiger partial charge in [-0.25, -0.2) is 0 Å². The molecule has 1 amide bonds. The largest absolute Gasteiger partial charge is 0.396 e. The van der Waals surface area contributed by atoms with Crippen LogP contribution in [0.3, 0.4) is 0 Å². The summed E-state index contributed by atoms with van der Waals surface area (Å²) >= 11 is 2.95. The van der Waals surface area contributed by atoms with E-state index < -0.39 is 0 Å². The second kappa shape index (κ2) is 7.69. The molecule has 1 heterocycles. The van der Waals surface area contributed by atoms with Gasteiger partial charge in [0, 0.05) is 10.6 Å². The molecule has 0 saturated heterocycles. The first-order valence-electron chi connectivity index (χ1n) is 7.90. The molecule has 0 aliphatic heterocycles. The Balaban J connectivity index is 2.13. The molecular formula is C17H24N2O2S2. The van der Waals surface area contributed by atoms with Crippen LogP contribution in [-0.2, 0) is 17.6 Å². The van der Waals surface area contributed by atoms with E-state index in [1.165, 1.54) is 16.6 Å². The smallest absolute Gasteiger partial charge is 0.235 e. The first kappa shape index (κ1) is 18.3. The van der Waals surface area contributed by atoms with Crippen LogP contribution in [0.4, 0.5) is 5.00 Å². The van der Waals surface area contributed by atoms with E-state index in [1.54, 1.807) is 11.3 Å². The van der Waals surface area contributed by atoms with E-state index in [0.29, 0.717) is 28.0 Å². The molecule has 0 aromatic carbocycles. The zero-order valence-electron chi connectivity index (χ0n) is 13.9. The predicted octanol–water partition coefficient (Wildman–Crippen LogP) is 3.43. The van der Waals surface area contributed by atoms with Gasteiger partial charge in [-0.1, -0.05) is 20.8 Å². The van der Waals surface area contributed by atoms with Gasteiger partial charge in [0.15, 0.2) is 0 Å². The summed E-state index contributed by atoms with van der Waals surface area (Å²) in [4.78, 5) is 13.2. The van der Waals surface area contributed by atoms with Crippen LogP contribution in [0, 0.1) is 22.7 Å². The van der Waals surface area contributed by atoms with Crippen LogP contribution >= 0.6 is 23.1 Å². The number of carbonyl (C=O) groups is 1. The van der Waals surface area contributed by atoms with Gasteiger partial charge in [-0.15, -0.1) is 23.1 Å². The van der Waals surface area contributed by atoms with Crippen molar-refractivity contribution < 1.29 is 9.90 Å². The highest BCUT2D eigenvalue weighted by Gasteiger charge is 2.32. The number of carbonyl (C=O) groups excluding carboxylic acids is 1. The standard InChI is InChI=1S/C17H24N2O2S2/c1-17(2,3)11-4-5-12-13(9-18)16(23-14(12)8-11)19-15(21)10-22-7-6-20/h11,20H,4-8,10H2,1-3H3,(H,19,21)/t11-/m1/s1. The number of hydrogen-bond acceptors (Lipinski definition) is 5. The molecule has 0 unspecified atom stereocenters. The first-order chi connectivity index (χ1) is 10.9. The zero-order chi connectivity index (χ0) is 17.0. The summed E-state index contributed by atoms with van der Waals surface area (Å²) in [6, 6.07) is 2.28. The topological polar surface area (TPSA) is 73.1 Å². The summed E-state index contributed by atoms with van der Waals surface area (Å²) in [6.45, 7) is 6.87. The minimum absolute atomic E-state index is 0.0723. The molecule has 1 aromatic heterocycles. The fraction of sp³-hybridized carbons (Fsp3) is 0.647. The number of hydrogen-bond donors (Lipinski definition) is 2. The molecule has 0 saturated carbocycles. The van der Waals surface area contributed by atoms with Crippen molar-refractivity contribution in [2.75, 3.05) is 23.4 Å². The number of anilines is 1. The number of nitrogens with zero attached hydrogens (tertiary/aromatic N) is 1. The van der Waals surface area contributed by atoms with Gasteiger partial charge < -0.3 is 10.4 Å². The highest BCUT2D eigenvalue weighted by atomic mass is 32.2. The molecule has 1 aliphatic rings. The lowest BCUT2D eigenvalue weighted by molar-refractivity contribution is -0.113. The number of aliphatic hydroxyl groups excluding tert-OH is 1. The molecular weight excluding hydrogens is 328 g/mol. The van der Waals surface area contributed by atoms with Crippen LogP contribution < -0.4 is 5.32 Å². The third kappa shape index (κ3) is 4.50. The maximum absolute atomic E-state index is 12.0. The van der Waals surface area contributed by atoms with Crippen LogP contribution in [0.5, 0.6) is 0 Å². The van der Waals surface area contributed by atoms with E-state index in [9.17, 15) is 10.1 Å². The maximum Gasteiger partial charge on any atom is 0.235 e. The lowest BCUT2D eigenvalue weighted by Gasteiger charge is -2.33. The summed E-state index contributed by atoms with van der Waals surface area (Å²) < 4.78 is 0. The van der Waals surface area contributed by atoms with E-state index in [1.807, 2.05) is 0 Å². The summed E-state index contributed by atoms with van der Waals surface area (Å²) in [5.74, 6) is 1.36. The van der Waals surface area contributed by atoms with Crippen molar-refractivity contribution in [3.05, 3.63) is 16.0 Å². The number of amides is 1. The van der Waals surface area contributed by atoms with Gasteiger partial charge >= 0.3 is 0 Å². The fourth-order valence-electron chi connectivity index (χ4n) is 2.92. The number of aliphatic hydroxyl groups is 1. The molecule has 126 valence electrons. The maximum atomic E-state index is 12.0. The van der Waals surface area contributed by atoms with Crippen LogP contribution in [0.1, 0.15) is 43.2 Å². The lowest BCUT2D eigenvalue weighted by Crippen LogP contribution is -2.26. The molecule has 6 heteroatoms. The molecule has 2 N–H and O–H groups in total. The third-order valence-corrected chi connectivity index (χ3v) is 6.43. The second-order valence-electron chi connectivity index (χ2n) is 6.95. The Morgan fingerprint density at radius 3 is 2.87 bits per heavy atom. The monoisotopic (exact) mass is 352 g/mol. The summed E-state index contributed by atoms with van der Waals surface area (Å²) in [5, 5.41) is 21.8. The summed E-state index contributed by atoms with van der Waals surface area (Å²) in [6.07, 6.45) is 3.01. The molecule has 1 aliphatic carbocycles. The second-order valence-corrected chi connectivity index (χ2v) is 9.16. The Morgan fingerprint density at radius 2 is 2.26 bits per heavy atom. The van der Waals surface area contributed by atoms with Crippen molar-refractivity contribution in [2.24, 2.45) is 11.3 Å². The van der Waals surface area contributed by atoms with Crippen molar-refractivity contribution in [3.8, 4) is 6.07 Å². The van der Waals surface area contributed by atoms with E-state index in [4.69, 9.17) is 5.11 Å². The van der Waals surface area contributed by atoms with Crippen molar-refractivity contribution in [3.63, 3.8) is 0 Å². The van der Waals surface area contributed by atoms with E-state index in [-0.39, 0.29) is 17.9 Å². The first-order valence-corrected chi connectivity index (χ1v) is 9.87. The SMILES string of the molecule is CC(C)(C)[C@@H]1CCc2c(sc(NC(=O)CSCCO)c2C#N)C1. The van der Waals surface area contributed by atoms with Crippen LogP contribution in [-0.4, -0.2) is 29.1 Å². The number of nitrogens with one attached hydrogen (secondary N) is 1. The molecule has 0 bridgehead atoms. The van der Waals surface area contributed by atoms with Crippen LogP contribution in [0.15, 0.2) is 0 Å². The van der Waals surface area contributed by atoms with Crippen molar-refractivity contribution in [1.29, 1.82) is 5.26 Å². The van der Waals surface area contributed by atoms with Crippen LogP contribution in [0.2, 0.25) is 0 Å². The van der Waals surface area contributed by atoms with Crippen molar-refractivity contribution in [1.82, 2.24) is 0 Å². The van der Waals surface area contributed by atoms with E-state index in [2.05, 4.69) is 32.2 Å². The van der Waals surface area contributed by atoms with Gasteiger partial charge in [0.05, 0.1) is 17.9 Å². The normalized spacial score (nSPS) is 17.4. The molecule has 0 spiro atoms. The average Bonchev–Trinajstić information content (AvgIpc) is 2.82. The molecule has 2 rings (SSSR count). The lowest BCUT2D eigenvalue weighted by atomic mass is 9.72. The Hall–Kier alpha value is -1.03. The number of thioether (sulfide) groups is 1. The Morgan fingerprint density at radius 1 is 1.52 bits per heavy atom. The number of rotatable bonds is 5. The quantitative estimate of drug-likeness (QED) is 0.796. The third-order valence-electron chi connectivity index (χ3n) is 4.32. The fourth-order valence-corrected chi connectivity index (χ4v) is 4.75. The minimum Gasteiger partial charge on any atom is -0.396 e. The minimum atomic E-state index is -0.106. The van der Waals surface area contributed by atoms with Gasteiger partial charge in [-0.05, 0) is 36.2 Å². The van der Waals surface area contributed by atoms with Gasteiger partial charge in [-0.2, -0.15) is 5.26 Å². The number of nitriles is 1. The van der Waals surface area contributed by atoms with Crippen molar-refractivity contribution in [2.45, 2.75) is 40.0 Å². The van der Waals surface area contributed by atoms with E-state index in [0.717, 1.165) is 24.8 Å². The molecule has 23 heavy (non-hydrogen) atoms. The predicted molar refractivity (Wildman–Crippen MR) is 97.0 cm³/mol. The van der Waals surface area contributed by atoms with Gasteiger partial charge in [0.25, 0.3) is 0 Å². The van der Waals surface area contributed by atoms with E-state index >= 15 is 0 Å². The number of thiophene rings is 1.